The van der Waals surface area contributed by atoms with Gasteiger partial charge in [0.05, 0.1) is 18.0 Å². The van der Waals surface area contributed by atoms with Crippen molar-refractivity contribution in [2.45, 2.75) is 12.8 Å². The smallest absolute Gasteiger partial charge is 0.234 e. The zero-order valence-electron chi connectivity index (χ0n) is 9.40. The lowest BCUT2D eigenvalue weighted by molar-refractivity contribution is -0.128. The number of rotatable bonds is 2. The van der Waals surface area contributed by atoms with E-state index in [9.17, 15) is 9.59 Å². The molecule has 4 nitrogen and oxygen atoms in total. The van der Waals surface area contributed by atoms with Crippen molar-refractivity contribution in [1.82, 2.24) is 0 Å². The molecule has 2 rings (SSSR count). The Morgan fingerprint density at radius 2 is 2.12 bits per heavy atom. The van der Waals surface area contributed by atoms with E-state index in [4.69, 9.17) is 4.74 Å². The molecule has 1 amide bonds. The van der Waals surface area contributed by atoms with E-state index < -0.39 is 0 Å². The zero-order chi connectivity index (χ0) is 12.4. The van der Waals surface area contributed by atoms with Gasteiger partial charge in [-0.05, 0) is 28.1 Å². The fourth-order valence-electron chi connectivity index (χ4n) is 1.80. The number of piperidine rings is 1. The van der Waals surface area contributed by atoms with Crippen LogP contribution in [0.25, 0.3) is 0 Å². The Morgan fingerprint density at radius 1 is 1.35 bits per heavy atom. The molecule has 5 heteroatoms. The molecule has 0 aliphatic carbocycles. The summed E-state index contributed by atoms with van der Waals surface area (Å²) in [6.07, 6.45) is 0.419. The van der Waals surface area contributed by atoms with Gasteiger partial charge < -0.3 is 9.64 Å². The Labute approximate surface area is 108 Å². The minimum absolute atomic E-state index is 0.00161. The van der Waals surface area contributed by atoms with Crippen LogP contribution in [0.15, 0.2) is 22.7 Å². The lowest BCUT2D eigenvalue weighted by atomic mass is 10.1. The molecule has 0 spiro atoms. The second-order valence-electron chi connectivity index (χ2n) is 3.83. The minimum atomic E-state index is -0.148. The number of hydrogen-bond donors (Lipinski definition) is 0. The van der Waals surface area contributed by atoms with Crippen LogP contribution < -0.4 is 9.64 Å². The first-order valence-electron chi connectivity index (χ1n) is 5.27. The number of nitrogens with zero attached hydrogens (tertiary/aromatic N) is 1. The van der Waals surface area contributed by atoms with Crippen LogP contribution in [0, 0.1) is 0 Å². The van der Waals surface area contributed by atoms with E-state index in [2.05, 4.69) is 15.9 Å². The van der Waals surface area contributed by atoms with E-state index in [1.165, 1.54) is 0 Å². The molecule has 1 aliphatic rings. The number of halogens is 1. The predicted molar refractivity (Wildman–Crippen MR) is 67.3 cm³/mol. The quantitative estimate of drug-likeness (QED) is 0.786. The lowest BCUT2D eigenvalue weighted by Gasteiger charge is -2.26. The maximum absolute atomic E-state index is 11.7. The van der Waals surface area contributed by atoms with Crippen LogP contribution in [-0.4, -0.2) is 25.3 Å². The van der Waals surface area contributed by atoms with Crippen LogP contribution in [0.4, 0.5) is 5.69 Å². The molecule has 90 valence electrons. The van der Waals surface area contributed by atoms with E-state index in [1.54, 1.807) is 18.1 Å². The molecule has 0 unspecified atom stereocenters. The predicted octanol–water partition coefficient (Wildman–Crippen LogP) is 2.15. The maximum atomic E-state index is 11.7. The van der Waals surface area contributed by atoms with Gasteiger partial charge in [-0.15, -0.1) is 0 Å². The van der Waals surface area contributed by atoms with Crippen molar-refractivity contribution < 1.29 is 14.3 Å². The van der Waals surface area contributed by atoms with Crippen molar-refractivity contribution in [2.24, 2.45) is 0 Å². The Morgan fingerprint density at radius 3 is 2.76 bits per heavy atom. The second kappa shape index (κ2) is 4.87. The van der Waals surface area contributed by atoms with Crippen molar-refractivity contribution >= 4 is 33.3 Å². The Kier molecular flexibility index (Phi) is 3.47. The van der Waals surface area contributed by atoms with Gasteiger partial charge >= 0.3 is 0 Å². The first-order valence-corrected chi connectivity index (χ1v) is 6.06. The van der Waals surface area contributed by atoms with Crippen molar-refractivity contribution in [3.05, 3.63) is 22.7 Å². The van der Waals surface area contributed by atoms with Crippen molar-refractivity contribution in [2.75, 3.05) is 18.6 Å². The fourth-order valence-corrected chi connectivity index (χ4v) is 2.21. The standard InChI is InChI=1S/C12H12BrNO3/c1-17-11-6-8(2-3-10(11)13)14-5-4-9(15)7-12(14)16/h2-3,6H,4-5,7H2,1H3. The molecule has 1 aromatic rings. The summed E-state index contributed by atoms with van der Waals surface area (Å²) in [4.78, 5) is 24.5. The largest absolute Gasteiger partial charge is 0.495 e. The number of hydrogen-bond acceptors (Lipinski definition) is 3. The number of ether oxygens (including phenoxy) is 1. The lowest BCUT2D eigenvalue weighted by Crippen LogP contribution is -2.39. The van der Waals surface area contributed by atoms with Crippen LogP contribution in [0.3, 0.4) is 0 Å². The number of Topliss-reactive ketones (excluding diaryl/α,β-unsaturated/α-hetero) is 1. The van der Waals surface area contributed by atoms with E-state index in [0.717, 1.165) is 10.2 Å². The highest BCUT2D eigenvalue weighted by Gasteiger charge is 2.25. The second-order valence-corrected chi connectivity index (χ2v) is 4.68. The molecule has 17 heavy (non-hydrogen) atoms. The SMILES string of the molecule is COc1cc(N2CCC(=O)CC2=O)ccc1Br. The number of carbonyl (C=O) groups excluding carboxylic acids is 2. The summed E-state index contributed by atoms with van der Waals surface area (Å²) in [5.74, 6) is 0.535. The molecule has 0 aromatic heterocycles. The minimum Gasteiger partial charge on any atom is -0.495 e. The highest BCUT2D eigenvalue weighted by Crippen LogP contribution is 2.30. The monoisotopic (exact) mass is 297 g/mol. The first kappa shape index (κ1) is 12.1. The van der Waals surface area contributed by atoms with Gasteiger partial charge in [0.25, 0.3) is 0 Å². The average molecular weight is 298 g/mol. The van der Waals surface area contributed by atoms with E-state index in [1.807, 2.05) is 12.1 Å². The van der Waals surface area contributed by atoms with Gasteiger partial charge in [-0.3, -0.25) is 9.59 Å². The molecular weight excluding hydrogens is 286 g/mol. The summed E-state index contributed by atoms with van der Waals surface area (Å²) in [5.41, 5.74) is 0.766. The average Bonchev–Trinajstić information content (AvgIpc) is 2.30. The van der Waals surface area contributed by atoms with Crippen molar-refractivity contribution in [3.8, 4) is 5.75 Å². The first-order chi connectivity index (χ1) is 8.11. The third-order valence-corrected chi connectivity index (χ3v) is 3.37. The van der Waals surface area contributed by atoms with Crippen LogP contribution in [0.2, 0.25) is 0 Å². The summed E-state index contributed by atoms with van der Waals surface area (Å²) in [6, 6.07) is 5.45. The Bertz CT molecular complexity index is 473. The summed E-state index contributed by atoms with van der Waals surface area (Å²) in [5, 5.41) is 0. The van der Waals surface area contributed by atoms with Crippen LogP contribution in [0.1, 0.15) is 12.8 Å². The van der Waals surface area contributed by atoms with Gasteiger partial charge in [-0.25, -0.2) is 0 Å². The molecule has 0 saturated carbocycles. The summed E-state index contributed by atoms with van der Waals surface area (Å²) in [6.45, 7) is 0.447. The number of ketones is 1. The van der Waals surface area contributed by atoms with Gasteiger partial charge in [0.2, 0.25) is 5.91 Å². The normalized spacial score (nSPS) is 16.2. The van der Waals surface area contributed by atoms with Crippen LogP contribution in [0.5, 0.6) is 5.75 Å². The van der Waals surface area contributed by atoms with Crippen LogP contribution in [-0.2, 0) is 9.59 Å². The highest BCUT2D eigenvalue weighted by atomic mass is 79.9. The topological polar surface area (TPSA) is 46.6 Å². The van der Waals surface area contributed by atoms with Crippen molar-refractivity contribution in [3.63, 3.8) is 0 Å². The van der Waals surface area contributed by atoms with Gasteiger partial charge in [0.15, 0.2) is 0 Å². The summed E-state index contributed by atoms with van der Waals surface area (Å²) in [7, 11) is 1.57. The third-order valence-electron chi connectivity index (χ3n) is 2.71. The van der Waals surface area contributed by atoms with Gasteiger partial charge in [-0.1, -0.05) is 0 Å². The molecule has 1 aromatic carbocycles. The highest BCUT2D eigenvalue weighted by molar-refractivity contribution is 9.10. The molecule has 0 atom stereocenters. The molecule has 0 bridgehead atoms. The molecule has 0 N–H and O–H groups in total. The number of amides is 1. The molecular formula is C12H12BrNO3. The Hall–Kier alpha value is -1.36. The van der Waals surface area contributed by atoms with E-state index >= 15 is 0 Å². The number of benzene rings is 1. The van der Waals surface area contributed by atoms with Crippen molar-refractivity contribution in [1.29, 1.82) is 0 Å². The Balaban J connectivity index is 2.28. The molecule has 1 saturated heterocycles. The van der Waals surface area contributed by atoms with E-state index in [0.29, 0.717) is 18.7 Å². The summed E-state index contributed by atoms with van der Waals surface area (Å²) < 4.78 is 6.02. The van der Waals surface area contributed by atoms with Gasteiger partial charge in [0.1, 0.15) is 11.5 Å². The van der Waals surface area contributed by atoms with Gasteiger partial charge in [-0.2, -0.15) is 0 Å². The fraction of sp³-hybridized carbons (Fsp3) is 0.333. The van der Waals surface area contributed by atoms with E-state index in [-0.39, 0.29) is 18.1 Å². The molecule has 1 fully saturated rings. The van der Waals surface area contributed by atoms with Gasteiger partial charge in [0, 0.05) is 24.7 Å². The third kappa shape index (κ3) is 2.49. The number of anilines is 1. The maximum Gasteiger partial charge on any atom is 0.234 e. The molecule has 1 aliphatic heterocycles. The van der Waals surface area contributed by atoms with Crippen LogP contribution >= 0.6 is 15.9 Å². The molecule has 0 radical (unpaired) electrons. The zero-order valence-corrected chi connectivity index (χ0v) is 11.0. The number of carbonyl (C=O) groups is 2. The molecule has 1 heterocycles. The number of methoxy groups -OCH3 is 1. The summed E-state index contributed by atoms with van der Waals surface area (Å²) >= 11 is 3.36.